The van der Waals surface area contributed by atoms with E-state index in [0.717, 1.165) is 16.4 Å². The smallest absolute Gasteiger partial charge is 0.0877 e. The van der Waals surface area contributed by atoms with E-state index in [1.165, 1.54) is 11.9 Å². The fourth-order valence-corrected chi connectivity index (χ4v) is 1.56. The maximum Gasteiger partial charge on any atom is 0.0877 e. The molecule has 0 saturated heterocycles. The third-order valence-electron chi connectivity index (χ3n) is 1.37. The molecule has 0 fully saturated rings. The van der Waals surface area contributed by atoms with Crippen LogP contribution in [0.5, 0.6) is 0 Å². The third kappa shape index (κ3) is 1.34. The summed E-state index contributed by atoms with van der Waals surface area (Å²) < 4.78 is 3.09. The van der Waals surface area contributed by atoms with Crippen LogP contribution < -0.4 is 4.72 Å². The Hall–Kier alpha value is -0.670. The summed E-state index contributed by atoms with van der Waals surface area (Å²) in [6.07, 6.45) is 0. The lowest BCUT2D eigenvalue weighted by Gasteiger charge is -2.10. The molecule has 0 aliphatic carbocycles. The fraction of sp³-hybridized carbons (Fsp3) is 0. The molecular formula is C7H5ClN2S. The van der Waals surface area contributed by atoms with Crippen molar-refractivity contribution in [2.45, 2.75) is 0 Å². The summed E-state index contributed by atoms with van der Waals surface area (Å²) >= 11 is 7.22. The van der Waals surface area contributed by atoms with Crippen molar-refractivity contribution in [1.82, 2.24) is 0 Å². The Bertz CT molecular complexity index is 311. The Kier molecular flexibility index (Phi) is 1.75. The molecule has 0 aromatic heterocycles. The first-order chi connectivity index (χ1) is 5.36. The van der Waals surface area contributed by atoms with Crippen molar-refractivity contribution < 1.29 is 0 Å². The van der Waals surface area contributed by atoms with Crippen molar-refractivity contribution in [1.29, 1.82) is 0 Å². The molecule has 0 atom stereocenters. The van der Waals surface area contributed by atoms with Gasteiger partial charge in [-0.2, -0.15) is 0 Å². The van der Waals surface area contributed by atoms with Crippen LogP contribution in [-0.4, -0.2) is 5.55 Å². The molecule has 0 bridgehead atoms. The minimum Gasteiger partial charge on any atom is -0.323 e. The fourth-order valence-electron chi connectivity index (χ4n) is 0.876. The number of anilines is 1. The Labute approximate surface area is 73.8 Å². The van der Waals surface area contributed by atoms with Gasteiger partial charge in [-0.3, -0.25) is 0 Å². The van der Waals surface area contributed by atoms with Crippen molar-refractivity contribution in [3.63, 3.8) is 0 Å². The lowest BCUT2D eigenvalue weighted by Crippen LogP contribution is -1.91. The van der Waals surface area contributed by atoms with E-state index in [-0.39, 0.29) is 0 Å². The van der Waals surface area contributed by atoms with Crippen LogP contribution >= 0.6 is 23.5 Å². The van der Waals surface area contributed by atoms with Crippen molar-refractivity contribution in [2.24, 2.45) is 4.99 Å². The highest BCUT2D eigenvalue weighted by Gasteiger charge is 2.04. The van der Waals surface area contributed by atoms with Gasteiger partial charge in [-0.25, -0.2) is 4.99 Å². The second-order valence-corrected chi connectivity index (χ2v) is 3.20. The normalized spacial score (nSPS) is 13.9. The summed E-state index contributed by atoms with van der Waals surface area (Å²) in [6, 6.07) is 5.58. The summed E-state index contributed by atoms with van der Waals surface area (Å²) in [5.41, 5.74) is 3.68. The van der Waals surface area contributed by atoms with E-state index in [0.29, 0.717) is 0 Å². The highest BCUT2D eigenvalue weighted by molar-refractivity contribution is 8.13. The van der Waals surface area contributed by atoms with Crippen LogP contribution in [0.25, 0.3) is 0 Å². The molecule has 0 spiro atoms. The maximum absolute atomic E-state index is 5.78. The number of aliphatic imine (C=N–C) groups is 1. The van der Waals surface area contributed by atoms with Gasteiger partial charge in [-0.1, -0.05) is 11.6 Å². The zero-order chi connectivity index (χ0) is 7.68. The van der Waals surface area contributed by atoms with Crippen LogP contribution in [0.4, 0.5) is 11.4 Å². The molecule has 11 heavy (non-hydrogen) atoms. The predicted molar refractivity (Wildman–Crippen MR) is 50.8 cm³/mol. The van der Waals surface area contributed by atoms with E-state index in [1.54, 1.807) is 5.55 Å². The minimum absolute atomic E-state index is 0.731. The molecule has 2 rings (SSSR count). The summed E-state index contributed by atoms with van der Waals surface area (Å²) in [4.78, 5) is 4.15. The van der Waals surface area contributed by atoms with E-state index < -0.39 is 0 Å². The molecule has 1 aliphatic rings. The highest BCUT2D eigenvalue weighted by Crippen LogP contribution is 2.32. The molecule has 4 heteroatoms. The van der Waals surface area contributed by atoms with E-state index in [9.17, 15) is 0 Å². The Morgan fingerprint density at radius 1 is 1.45 bits per heavy atom. The zero-order valence-corrected chi connectivity index (χ0v) is 7.12. The highest BCUT2D eigenvalue weighted by atomic mass is 35.5. The molecule has 1 aliphatic heterocycles. The van der Waals surface area contributed by atoms with Gasteiger partial charge in [-0.15, -0.1) is 0 Å². The van der Waals surface area contributed by atoms with Gasteiger partial charge >= 0.3 is 0 Å². The molecule has 0 unspecified atom stereocenters. The van der Waals surface area contributed by atoms with Gasteiger partial charge in [0.15, 0.2) is 0 Å². The molecule has 1 aromatic rings. The van der Waals surface area contributed by atoms with Crippen LogP contribution in [0, 0.1) is 0 Å². The molecule has 0 radical (unpaired) electrons. The summed E-state index contributed by atoms with van der Waals surface area (Å²) in [7, 11) is 0. The first kappa shape index (κ1) is 7.00. The Morgan fingerprint density at radius 2 is 2.36 bits per heavy atom. The standard InChI is InChI=1S/C7H5ClN2S/c8-5-1-2-6-7(3-5)10-11-4-9-6/h1-4,10H. The molecule has 0 amide bonds. The number of halogens is 1. The van der Waals surface area contributed by atoms with Crippen molar-refractivity contribution in [3.8, 4) is 0 Å². The van der Waals surface area contributed by atoms with Crippen LogP contribution in [0.1, 0.15) is 0 Å². The molecule has 2 nitrogen and oxygen atoms in total. The number of rotatable bonds is 0. The number of hydrogen-bond donors (Lipinski definition) is 1. The average molecular weight is 185 g/mol. The largest absolute Gasteiger partial charge is 0.323 e. The maximum atomic E-state index is 5.78. The topological polar surface area (TPSA) is 24.4 Å². The number of fused-ring (bicyclic) bond motifs is 1. The molecular weight excluding hydrogens is 180 g/mol. The molecule has 1 N–H and O–H groups in total. The minimum atomic E-state index is 0.731. The third-order valence-corrected chi connectivity index (χ3v) is 2.16. The van der Waals surface area contributed by atoms with E-state index in [2.05, 4.69) is 9.71 Å². The lowest BCUT2D eigenvalue weighted by molar-refractivity contribution is 1.53. The monoisotopic (exact) mass is 184 g/mol. The zero-order valence-electron chi connectivity index (χ0n) is 5.54. The van der Waals surface area contributed by atoms with Gasteiger partial charge in [-0.05, 0) is 30.1 Å². The summed E-state index contributed by atoms with van der Waals surface area (Å²) in [5, 5.41) is 0.731. The quantitative estimate of drug-likeness (QED) is 0.627. The van der Waals surface area contributed by atoms with Crippen molar-refractivity contribution in [3.05, 3.63) is 23.2 Å². The average Bonchev–Trinajstić information content (AvgIpc) is 2.04. The second kappa shape index (κ2) is 2.75. The number of nitrogens with zero attached hydrogens (tertiary/aromatic N) is 1. The molecule has 0 saturated carbocycles. The number of nitrogens with one attached hydrogen (secondary N) is 1. The first-order valence-electron chi connectivity index (χ1n) is 3.10. The second-order valence-electron chi connectivity index (χ2n) is 2.12. The van der Waals surface area contributed by atoms with Gasteiger partial charge < -0.3 is 4.72 Å². The molecule has 56 valence electrons. The lowest BCUT2D eigenvalue weighted by atomic mass is 10.3. The van der Waals surface area contributed by atoms with Crippen LogP contribution in [-0.2, 0) is 0 Å². The van der Waals surface area contributed by atoms with Gasteiger partial charge in [0.1, 0.15) is 0 Å². The Morgan fingerprint density at radius 3 is 3.27 bits per heavy atom. The summed E-state index contributed by atoms with van der Waals surface area (Å²) in [5.74, 6) is 0. The van der Waals surface area contributed by atoms with E-state index in [1.807, 2.05) is 18.2 Å². The van der Waals surface area contributed by atoms with E-state index >= 15 is 0 Å². The van der Waals surface area contributed by atoms with E-state index in [4.69, 9.17) is 11.6 Å². The SMILES string of the molecule is Clc1ccc2c(c1)NSC=N2. The Balaban J connectivity index is 2.53. The van der Waals surface area contributed by atoms with Crippen molar-refractivity contribution in [2.75, 3.05) is 4.72 Å². The van der Waals surface area contributed by atoms with Crippen molar-refractivity contribution >= 4 is 40.5 Å². The summed E-state index contributed by atoms with van der Waals surface area (Å²) in [6.45, 7) is 0. The predicted octanol–water partition coefficient (Wildman–Crippen LogP) is 3.07. The first-order valence-corrected chi connectivity index (χ1v) is 4.36. The van der Waals surface area contributed by atoms with Crippen LogP contribution in [0.3, 0.4) is 0 Å². The number of benzene rings is 1. The van der Waals surface area contributed by atoms with Crippen LogP contribution in [0.15, 0.2) is 23.2 Å². The molecule has 1 aromatic carbocycles. The van der Waals surface area contributed by atoms with Gasteiger partial charge in [0.05, 0.1) is 16.9 Å². The van der Waals surface area contributed by atoms with Gasteiger partial charge in [0.2, 0.25) is 0 Å². The molecule has 1 heterocycles. The van der Waals surface area contributed by atoms with Gasteiger partial charge in [0.25, 0.3) is 0 Å². The number of hydrogen-bond acceptors (Lipinski definition) is 3. The van der Waals surface area contributed by atoms with Gasteiger partial charge in [0, 0.05) is 5.02 Å². The van der Waals surface area contributed by atoms with Crippen LogP contribution in [0.2, 0.25) is 5.02 Å².